The number of H-pyrrole nitrogens is 1. The van der Waals surface area contributed by atoms with Gasteiger partial charge in [-0.25, -0.2) is 0 Å². The standard InChI is InChI=1S/C18H18F3N3O/c1-2-3-7-17-8-6-13(25)15(18(19,20)21)14(17)10-4-5-12-16(11(10)9-17)23-24-22-12/h4-5H,2-3,6-9H2,1H3,(H,22,23,24)/t17-/m0/s1. The fourth-order valence-corrected chi connectivity index (χ4v) is 4.48. The first-order valence-corrected chi connectivity index (χ1v) is 8.55. The number of allylic oxidation sites excluding steroid dienone is 2. The molecule has 2 aliphatic rings. The van der Waals surface area contributed by atoms with Crippen LogP contribution in [0.25, 0.3) is 16.6 Å². The van der Waals surface area contributed by atoms with Gasteiger partial charge < -0.3 is 0 Å². The molecule has 2 aromatic rings. The molecule has 1 atom stereocenters. The van der Waals surface area contributed by atoms with E-state index in [1.807, 2.05) is 6.92 Å². The number of carbonyl (C=O) groups is 1. The number of carbonyl (C=O) groups excluding carboxylic acids is 1. The van der Waals surface area contributed by atoms with Gasteiger partial charge in [0.1, 0.15) is 16.6 Å². The Morgan fingerprint density at radius 3 is 2.80 bits per heavy atom. The van der Waals surface area contributed by atoms with Gasteiger partial charge in [0.15, 0.2) is 5.78 Å². The molecule has 1 aromatic heterocycles. The highest BCUT2D eigenvalue weighted by Gasteiger charge is 2.53. The molecular formula is C18H18F3N3O. The normalized spacial score (nSPS) is 23.3. The summed E-state index contributed by atoms with van der Waals surface area (Å²) in [5, 5.41) is 10.7. The third kappa shape index (κ3) is 2.32. The highest BCUT2D eigenvalue weighted by molar-refractivity contribution is 6.08. The van der Waals surface area contributed by atoms with Crippen molar-refractivity contribution in [3.05, 3.63) is 28.8 Å². The number of halogens is 3. The number of benzene rings is 1. The van der Waals surface area contributed by atoms with E-state index in [0.29, 0.717) is 35.9 Å². The van der Waals surface area contributed by atoms with Crippen molar-refractivity contribution < 1.29 is 18.0 Å². The number of nitrogens with one attached hydrogen (secondary N) is 1. The van der Waals surface area contributed by atoms with Gasteiger partial charge in [0.25, 0.3) is 0 Å². The largest absolute Gasteiger partial charge is 0.420 e. The molecule has 0 aliphatic heterocycles. The summed E-state index contributed by atoms with van der Waals surface area (Å²) < 4.78 is 41.3. The zero-order valence-corrected chi connectivity index (χ0v) is 13.8. The second-order valence-corrected chi connectivity index (χ2v) is 7.01. The summed E-state index contributed by atoms with van der Waals surface area (Å²) in [5.41, 5.74) is 1.20. The molecule has 132 valence electrons. The predicted octanol–water partition coefficient (Wildman–Crippen LogP) is 4.37. The summed E-state index contributed by atoms with van der Waals surface area (Å²) in [6.07, 6.45) is -1.33. The lowest BCUT2D eigenvalue weighted by Crippen LogP contribution is -2.34. The van der Waals surface area contributed by atoms with Gasteiger partial charge in [0.05, 0.1) is 0 Å². The number of nitrogens with zero attached hydrogens (tertiary/aromatic N) is 2. The molecule has 4 nitrogen and oxygen atoms in total. The maximum Gasteiger partial charge on any atom is 0.420 e. The van der Waals surface area contributed by atoms with Crippen molar-refractivity contribution in [3.8, 4) is 0 Å². The van der Waals surface area contributed by atoms with E-state index in [4.69, 9.17) is 0 Å². The van der Waals surface area contributed by atoms with Crippen LogP contribution in [0.5, 0.6) is 0 Å². The number of aromatic amines is 1. The van der Waals surface area contributed by atoms with Crippen LogP contribution in [0.4, 0.5) is 13.2 Å². The summed E-state index contributed by atoms with van der Waals surface area (Å²) >= 11 is 0. The number of rotatable bonds is 3. The summed E-state index contributed by atoms with van der Waals surface area (Å²) in [6.45, 7) is 2.02. The zero-order chi connectivity index (χ0) is 17.8. The van der Waals surface area contributed by atoms with Gasteiger partial charge in [0.2, 0.25) is 0 Å². The lowest BCUT2D eigenvalue weighted by atomic mass is 9.67. The molecular weight excluding hydrogens is 331 g/mol. The van der Waals surface area contributed by atoms with Crippen LogP contribution in [0.3, 0.4) is 0 Å². The van der Waals surface area contributed by atoms with Gasteiger partial charge in [-0.05, 0) is 42.0 Å². The third-order valence-corrected chi connectivity index (χ3v) is 5.56. The van der Waals surface area contributed by atoms with Crippen LogP contribution in [0.2, 0.25) is 0 Å². The van der Waals surface area contributed by atoms with E-state index in [-0.39, 0.29) is 12.0 Å². The van der Waals surface area contributed by atoms with Crippen LogP contribution in [0.15, 0.2) is 17.7 Å². The van der Waals surface area contributed by atoms with E-state index in [9.17, 15) is 18.0 Å². The zero-order valence-electron chi connectivity index (χ0n) is 13.8. The Balaban J connectivity index is 2.02. The van der Waals surface area contributed by atoms with Gasteiger partial charge in [0, 0.05) is 11.8 Å². The molecule has 0 unspecified atom stereocenters. The number of fused-ring (bicyclic) bond motifs is 5. The Hall–Kier alpha value is -2.18. The molecule has 0 bridgehead atoms. The number of hydrogen-bond donors (Lipinski definition) is 1. The second kappa shape index (κ2) is 5.41. The van der Waals surface area contributed by atoms with Crippen molar-refractivity contribution in [1.82, 2.24) is 15.4 Å². The number of ketones is 1. The Bertz CT molecular complexity index is 897. The van der Waals surface area contributed by atoms with Crippen LogP contribution >= 0.6 is 0 Å². The number of aromatic nitrogens is 3. The number of Topliss-reactive ketones (excluding diaryl/α,β-unsaturated/α-hetero) is 1. The minimum absolute atomic E-state index is 0.0436. The quantitative estimate of drug-likeness (QED) is 0.895. The molecule has 1 N–H and O–H groups in total. The Kier molecular flexibility index (Phi) is 3.53. The van der Waals surface area contributed by atoms with E-state index >= 15 is 0 Å². The van der Waals surface area contributed by atoms with Gasteiger partial charge in [-0.15, -0.1) is 0 Å². The molecule has 1 heterocycles. The molecule has 0 fully saturated rings. The monoisotopic (exact) mass is 349 g/mol. The van der Waals surface area contributed by atoms with E-state index in [2.05, 4.69) is 15.4 Å². The number of unbranched alkanes of at least 4 members (excludes halogenated alkanes) is 1. The lowest BCUT2D eigenvalue weighted by Gasteiger charge is -2.37. The fourth-order valence-electron chi connectivity index (χ4n) is 4.48. The predicted molar refractivity (Wildman–Crippen MR) is 86.8 cm³/mol. The molecule has 0 spiro atoms. The van der Waals surface area contributed by atoms with Gasteiger partial charge in [-0.3, -0.25) is 4.79 Å². The first kappa shape index (κ1) is 16.3. The average molecular weight is 349 g/mol. The Labute approximate surface area is 142 Å². The van der Waals surface area contributed by atoms with Crippen molar-refractivity contribution in [1.29, 1.82) is 0 Å². The molecule has 0 radical (unpaired) electrons. The molecule has 0 amide bonds. The maximum absolute atomic E-state index is 13.8. The average Bonchev–Trinajstić information content (AvgIpc) is 3.14. The second-order valence-electron chi connectivity index (χ2n) is 7.01. The Morgan fingerprint density at radius 1 is 1.28 bits per heavy atom. The van der Waals surface area contributed by atoms with Gasteiger partial charge in [-0.1, -0.05) is 25.8 Å². The lowest BCUT2D eigenvalue weighted by molar-refractivity contribution is -0.130. The number of alkyl halides is 3. The molecule has 25 heavy (non-hydrogen) atoms. The first-order chi connectivity index (χ1) is 11.9. The van der Waals surface area contributed by atoms with Crippen molar-refractivity contribution in [2.24, 2.45) is 5.41 Å². The van der Waals surface area contributed by atoms with E-state index < -0.39 is 22.9 Å². The van der Waals surface area contributed by atoms with Gasteiger partial charge in [-0.2, -0.15) is 28.6 Å². The number of hydrogen-bond acceptors (Lipinski definition) is 3. The highest BCUT2D eigenvalue weighted by atomic mass is 19.4. The molecule has 7 heteroatoms. The summed E-state index contributed by atoms with van der Waals surface area (Å²) in [4.78, 5) is 12.2. The molecule has 2 aliphatic carbocycles. The summed E-state index contributed by atoms with van der Waals surface area (Å²) in [6, 6.07) is 3.35. The van der Waals surface area contributed by atoms with Crippen LogP contribution in [0, 0.1) is 5.41 Å². The molecule has 0 saturated heterocycles. The first-order valence-electron chi connectivity index (χ1n) is 8.55. The SMILES string of the molecule is CCCC[C@@]12CCC(=O)C(C(F)(F)F)=C1c1ccc3n[nH]nc3c1C2. The van der Waals surface area contributed by atoms with Crippen LogP contribution < -0.4 is 0 Å². The smallest absolute Gasteiger partial charge is 0.294 e. The van der Waals surface area contributed by atoms with Crippen molar-refractivity contribution in [2.75, 3.05) is 0 Å². The summed E-state index contributed by atoms with van der Waals surface area (Å²) in [5.74, 6) is -0.789. The third-order valence-electron chi connectivity index (χ3n) is 5.56. The molecule has 0 saturated carbocycles. The van der Waals surface area contributed by atoms with E-state index in [1.54, 1.807) is 12.1 Å². The van der Waals surface area contributed by atoms with Crippen LogP contribution in [-0.2, 0) is 11.2 Å². The van der Waals surface area contributed by atoms with Crippen LogP contribution in [0.1, 0.15) is 50.2 Å². The van der Waals surface area contributed by atoms with Crippen molar-refractivity contribution in [3.63, 3.8) is 0 Å². The van der Waals surface area contributed by atoms with Crippen molar-refractivity contribution >= 4 is 22.4 Å². The van der Waals surface area contributed by atoms with Crippen LogP contribution in [-0.4, -0.2) is 27.4 Å². The highest BCUT2D eigenvalue weighted by Crippen LogP contribution is 2.59. The Morgan fingerprint density at radius 2 is 2.08 bits per heavy atom. The van der Waals surface area contributed by atoms with E-state index in [0.717, 1.165) is 18.4 Å². The summed E-state index contributed by atoms with van der Waals surface area (Å²) in [7, 11) is 0. The topological polar surface area (TPSA) is 58.6 Å². The minimum atomic E-state index is -4.63. The molecule has 4 rings (SSSR count). The molecule has 1 aromatic carbocycles. The maximum atomic E-state index is 13.8. The van der Waals surface area contributed by atoms with E-state index in [1.165, 1.54) is 0 Å². The van der Waals surface area contributed by atoms with Gasteiger partial charge >= 0.3 is 6.18 Å². The fraction of sp³-hybridized carbons (Fsp3) is 0.500. The minimum Gasteiger partial charge on any atom is -0.294 e. The van der Waals surface area contributed by atoms with Crippen molar-refractivity contribution in [2.45, 2.75) is 51.6 Å².